The van der Waals surface area contributed by atoms with E-state index in [0.29, 0.717) is 35.8 Å². The van der Waals surface area contributed by atoms with Crippen molar-refractivity contribution in [1.29, 1.82) is 5.26 Å². The lowest BCUT2D eigenvalue weighted by atomic mass is 10.2. The number of nitriles is 1. The zero-order chi connectivity index (χ0) is 14.7. The van der Waals surface area contributed by atoms with E-state index in [9.17, 15) is 9.90 Å². The Balaban J connectivity index is 2.01. The average Bonchev–Trinajstić information content (AvgIpc) is 2.84. The van der Waals surface area contributed by atoms with Crippen molar-refractivity contribution < 1.29 is 9.90 Å². The van der Waals surface area contributed by atoms with Gasteiger partial charge in [-0.3, -0.25) is 9.69 Å². The number of carbonyl (C=O) groups is 1. The van der Waals surface area contributed by atoms with Crippen LogP contribution in [0.5, 0.6) is 0 Å². The van der Waals surface area contributed by atoms with Crippen LogP contribution < -0.4 is 5.32 Å². The van der Waals surface area contributed by atoms with Gasteiger partial charge in [0.15, 0.2) is 0 Å². The molecule has 2 rings (SSSR count). The molecule has 0 aromatic heterocycles. The number of β-amino-alcohol motifs (C(OH)–C–C–N with tert-alkyl or cyclic N) is 1. The van der Waals surface area contributed by atoms with Crippen LogP contribution in [0.4, 0.5) is 5.69 Å². The van der Waals surface area contributed by atoms with Crippen LogP contribution >= 0.6 is 11.6 Å². The SMILES string of the molecule is CC(C(=O)Nc1ccc(C#N)c(Cl)c1)N1CC[C@H](O)C1. The molecule has 0 radical (unpaired) electrons. The van der Waals surface area contributed by atoms with E-state index >= 15 is 0 Å². The van der Waals surface area contributed by atoms with Gasteiger partial charge in [0.2, 0.25) is 5.91 Å². The molecule has 0 spiro atoms. The maximum Gasteiger partial charge on any atom is 0.241 e. The number of aliphatic hydroxyl groups is 1. The molecule has 0 aliphatic carbocycles. The summed E-state index contributed by atoms with van der Waals surface area (Å²) in [6, 6.07) is 6.43. The minimum Gasteiger partial charge on any atom is -0.392 e. The number of aliphatic hydroxyl groups excluding tert-OH is 1. The van der Waals surface area contributed by atoms with Crippen molar-refractivity contribution >= 4 is 23.2 Å². The van der Waals surface area contributed by atoms with Gasteiger partial charge < -0.3 is 10.4 Å². The molecule has 106 valence electrons. The van der Waals surface area contributed by atoms with Gasteiger partial charge in [0.25, 0.3) is 0 Å². The van der Waals surface area contributed by atoms with Gasteiger partial charge in [-0.25, -0.2) is 0 Å². The molecule has 0 bridgehead atoms. The Labute approximate surface area is 122 Å². The van der Waals surface area contributed by atoms with Crippen LogP contribution in [0, 0.1) is 11.3 Å². The van der Waals surface area contributed by atoms with E-state index in [1.54, 1.807) is 25.1 Å². The van der Waals surface area contributed by atoms with E-state index in [1.165, 1.54) is 0 Å². The van der Waals surface area contributed by atoms with Crippen LogP contribution in [0.15, 0.2) is 18.2 Å². The van der Waals surface area contributed by atoms with Crippen molar-refractivity contribution in [2.24, 2.45) is 0 Å². The minimum atomic E-state index is -0.352. The molecule has 1 aromatic rings. The van der Waals surface area contributed by atoms with Gasteiger partial charge in [-0.2, -0.15) is 5.26 Å². The maximum atomic E-state index is 12.1. The number of amides is 1. The quantitative estimate of drug-likeness (QED) is 0.887. The predicted octanol–water partition coefficient (Wildman–Crippen LogP) is 1.61. The van der Waals surface area contributed by atoms with E-state index < -0.39 is 0 Å². The zero-order valence-corrected chi connectivity index (χ0v) is 11.9. The summed E-state index contributed by atoms with van der Waals surface area (Å²) in [5.41, 5.74) is 0.936. The number of anilines is 1. The maximum absolute atomic E-state index is 12.1. The third-order valence-electron chi connectivity index (χ3n) is 3.48. The summed E-state index contributed by atoms with van der Waals surface area (Å²) < 4.78 is 0. The minimum absolute atomic E-state index is 0.153. The Morgan fingerprint density at radius 2 is 2.40 bits per heavy atom. The lowest BCUT2D eigenvalue weighted by Gasteiger charge is -2.22. The topological polar surface area (TPSA) is 76.4 Å². The standard InChI is InChI=1S/C14H16ClN3O2/c1-9(18-5-4-12(19)8-18)14(20)17-11-3-2-10(7-16)13(15)6-11/h2-3,6,9,12,19H,4-5,8H2,1H3,(H,17,20)/t9?,12-/m0/s1. The second kappa shape index (κ2) is 6.23. The molecule has 1 unspecified atom stereocenters. The van der Waals surface area contributed by atoms with E-state index in [1.807, 2.05) is 11.0 Å². The van der Waals surface area contributed by atoms with E-state index in [0.717, 1.165) is 0 Å². The van der Waals surface area contributed by atoms with E-state index in [4.69, 9.17) is 16.9 Å². The highest BCUT2D eigenvalue weighted by molar-refractivity contribution is 6.32. The van der Waals surface area contributed by atoms with E-state index in [-0.39, 0.29) is 18.1 Å². The second-order valence-corrected chi connectivity index (χ2v) is 5.32. The summed E-state index contributed by atoms with van der Waals surface area (Å²) in [4.78, 5) is 14.1. The number of nitrogens with one attached hydrogen (secondary N) is 1. The van der Waals surface area contributed by atoms with Crippen molar-refractivity contribution in [3.63, 3.8) is 0 Å². The largest absolute Gasteiger partial charge is 0.392 e. The molecule has 6 heteroatoms. The van der Waals surface area contributed by atoms with Crippen molar-refractivity contribution in [1.82, 2.24) is 4.90 Å². The Bertz CT molecular complexity index is 556. The zero-order valence-electron chi connectivity index (χ0n) is 11.1. The molecule has 1 amide bonds. The van der Waals surface area contributed by atoms with Crippen LogP contribution in [0.2, 0.25) is 5.02 Å². The van der Waals surface area contributed by atoms with Gasteiger partial charge in [-0.1, -0.05) is 11.6 Å². The highest BCUT2D eigenvalue weighted by atomic mass is 35.5. The smallest absolute Gasteiger partial charge is 0.241 e. The van der Waals surface area contributed by atoms with E-state index in [2.05, 4.69) is 5.32 Å². The third kappa shape index (κ3) is 3.28. The van der Waals surface area contributed by atoms with Gasteiger partial charge in [0.05, 0.1) is 22.7 Å². The Morgan fingerprint density at radius 1 is 1.65 bits per heavy atom. The normalized spacial score (nSPS) is 20.4. The fraction of sp³-hybridized carbons (Fsp3) is 0.429. The fourth-order valence-corrected chi connectivity index (χ4v) is 2.44. The molecule has 1 heterocycles. The van der Waals surface area contributed by atoms with Gasteiger partial charge >= 0.3 is 0 Å². The number of likely N-dealkylation sites (tertiary alicyclic amines) is 1. The summed E-state index contributed by atoms with van der Waals surface area (Å²) in [7, 11) is 0. The number of rotatable bonds is 3. The molecular formula is C14H16ClN3O2. The number of benzene rings is 1. The van der Waals surface area contributed by atoms with Crippen LogP contribution in [-0.4, -0.2) is 41.1 Å². The summed E-state index contributed by atoms with van der Waals surface area (Å²) in [6.45, 7) is 3.03. The van der Waals surface area contributed by atoms with Gasteiger partial charge in [-0.05, 0) is 31.5 Å². The van der Waals surface area contributed by atoms with Gasteiger partial charge in [0.1, 0.15) is 6.07 Å². The molecule has 1 fully saturated rings. The fourth-order valence-electron chi connectivity index (χ4n) is 2.22. The van der Waals surface area contributed by atoms with Gasteiger partial charge in [-0.15, -0.1) is 0 Å². The van der Waals surface area contributed by atoms with Crippen LogP contribution in [-0.2, 0) is 4.79 Å². The third-order valence-corrected chi connectivity index (χ3v) is 3.79. The number of hydrogen-bond acceptors (Lipinski definition) is 4. The van der Waals surface area contributed by atoms with Crippen LogP contribution in [0.1, 0.15) is 18.9 Å². The first-order chi connectivity index (χ1) is 9.51. The Hall–Kier alpha value is -1.61. The summed E-state index contributed by atoms with van der Waals surface area (Å²) in [5.74, 6) is -0.153. The van der Waals surface area contributed by atoms with Gasteiger partial charge in [0, 0.05) is 18.8 Å². The monoisotopic (exact) mass is 293 g/mol. The lowest BCUT2D eigenvalue weighted by molar-refractivity contribution is -0.120. The summed E-state index contributed by atoms with van der Waals surface area (Å²) in [6.07, 6.45) is 0.343. The second-order valence-electron chi connectivity index (χ2n) is 4.91. The molecule has 20 heavy (non-hydrogen) atoms. The number of hydrogen-bond donors (Lipinski definition) is 2. The summed E-state index contributed by atoms with van der Waals surface area (Å²) >= 11 is 5.92. The van der Waals surface area contributed by atoms with Crippen molar-refractivity contribution in [3.05, 3.63) is 28.8 Å². The summed E-state index contributed by atoms with van der Waals surface area (Å²) in [5, 5.41) is 21.4. The number of halogens is 1. The average molecular weight is 294 g/mol. The van der Waals surface area contributed by atoms with Crippen molar-refractivity contribution in [3.8, 4) is 6.07 Å². The molecule has 1 saturated heterocycles. The molecule has 1 aliphatic heterocycles. The molecule has 5 nitrogen and oxygen atoms in total. The lowest BCUT2D eigenvalue weighted by Crippen LogP contribution is -2.41. The molecule has 2 atom stereocenters. The molecule has 1 aromatic carbocycles. The Morgan fingerprint density at radius 3 is 2.95 bits per heavy atom. The number of nitrogens with zero attached hydrogens (tertiary/aromatic N) is 2. The first kappa shape index (κ1) is 14.8. The molecule has 1 aliphatic rings. The highest BCUT2D eigenvalue weighted by Gasteiger charge is 2.28. The number of carbonyl (C=O) groups excluding carboxylic acids is 1. The predicted molar refractivity (Wildman–Crippen MR) is 76.5 cm³/mol. The van der Waals surface area contributed by atoms with Crippen molar-refractivity contribution in [2.75, 3.05) is 18.4 Å². The molecule has 0 saturated carbocycles. The van der Waals surface area contributed by atoms with Crippen molar-refractivity contribution in [2.45, 2.75) is 25.5 Å². The van der Waals surface area contributed by atoms with Crippen LogP contribution in [0.3, 0.4) is 0 Å². The molecular weight excluding hydrogens is 278 g/mol. The highest BCUT2D eigenvalue weighted by Crippen LogP contribution is 2.21. The first-order valence-electron chi connectivity index (χ1n) is 6.44. The first-order valence-corrected chi connectivity index (χ1v) is 6.81. The molecule has 2 N–H and O–H groups in total. The van der Waals surface area contributed by atoms with Crippen LogP contribution in [0.25, 0.3) is 0 Å². The Kier molecular flexibility index (Phi) is 4.61.